The van der Waals surface area contributed by atoms with Crippen molar-refractivity contribution in [2.75, 3.05) is 5.73 Å². The summed E-state index contributed by atoms with van der Waals surface area (Å²) in [4.78, 5) is 0. The van der Waals surface area contributed by atoms with Crippen molar-refractivity contribution >= 4 is 17.4 Å². The van der Waals surface area contributed by atoms with Crippen LogP contribution in [-0.2, 0) is 5.41 Å². The van der Waals surface area contributed by atoms with E-state index in [2.05, 4.69) is 17.1 Å². The summed E-state index contributed by atoms with van der Waals surface area (Å²) in [6, 6.07) is 7.81. The zero-order chi connectivity index (χ0) is 13.5. The number of hydrogen-bond acceptors (Lipinski definition) is 2. The lowest BCUT2D eigenvalue weighted by Crippen LogP contribution is -2.18. The Balaban J connectivity index is 2.17. The van der Waals surface area contributed by atoms with E-state index in [0.29, 0.717) is 5.82 Å². The molecule has 1 aromatic carbocycles. The van der Waals surface area contributed by atoms with Gasteiger partial charge >= 0.3 is 0 Å². The Bertz CT molecular complexity index is 597. The number of nitrogen functional groups attached to an aromatic ring is 1. The highest BCUT2D eigenvalue weighted by atomic mass is 35.5. The summed E-state index contributed by atoms with van der Waals surface area (Å²) in [6.07, 6.45) is 4.87. The van der Waals surface area contributed by atoms with E-state index in [1.807, 2.05) is 24.3 Å². The summed E-state index contributed by atoms with van der Waals surface area (Å²) < 4.78 is 0. The van der Waals surface area contributed by atoms with E-state index < -0.39 is 0 Å². The third-order valence-corrected chi connectivity index (χ3v) is 4.58. The Morgan fingerprint density at radius 2 is 1.95 bits per heavy atom. The largest absolute Gasteiger partial charge is 0.382 e. The molecule has 0 aliphatic heterocycles. The summed E-state index contributed by atoms with van der Waals surface area (Å²) in [7, 11) is 0. The first kappa shape index (κ1) is 12.5. The Morgan fingerprint density at radius 1 is 1.26 bits per heavy atom. The van der Waals surface area contributed by atoms with Crippen molar-refractivity contribution in [2.24, 2.45) is 0 Å². The number of rotatable bonds is 2. The molecule has 0 saturated heterocycles. The van der Waals surface area contributed by atoms with Crippen LogP contribution in [0.15, 0.2) is 24.3 Å². The summed E-state index contributed by atoms with van der Waals surface area (Å²) in [5.74, 6) is 0.538. The molecule has 1 fully saturated rings. The number of anilines is 1. The number of aromatic nitrogens is 2. The number of nitrogens with two attached hydrogens (primary N) is 1. The van der Waals surface area contributed by atoms with Gasteiger partial charge in [0.05, 0.1) is 5.69 Å². The Labute approximate surface area is 118 Å². The molecule has 2 aromatic rings. The Morgan fingerprint density at radius 3 is 2.63 bits per heavy atom. The highest BCUT2D eigenvalue weighted by Crippen LogP contribution is 2.46. The second-order valence-electron chi connectivity index (χ2n) is 5.61. The monoisotopic (exact) mass is 275 g/mol. The third kappa shape index (κ3) is 2.02. The molecule has 1 aromatic heterocycles. The summed E-state index contributed by atoms with van der Waals surface area (Å²) in [6.45, 7) is 2.29. The van der Waals surface area contributed by atoms with E-state index >= 15 is 0 Å². The molecule has 1 heterocycles. The van der Waals surface area contributed by atoms with Gasteiger partial charge in [-0.05, 0) is 18.9 Å². The first-order valence-electron chi connectivity index (χ1n) is 6.71. The van der Waals surface area contributed by atoms with E-state index in [0.717, 1.165) is 21.8 Å². The van der Waals surface area contributed by atoms with Gasteiger partial charge in [-0.15, -0.1) is 0 Å². The predicted octanol–water partition coefficient (Wildman–Crippen LogP) is 4.14. The van der Waals surface area contributed by atoms with Gasteiger partial charge in [0.25, 0.3) is 0 Å². The molecule has 100 valence electrons. The maximum atomic E-state index is 6.31. The number of nitrogens with zero attached hydrogens (tertiary/aromatic N) is 1. The minimum absolute atomic E-state index is 0.138. The topological polar surface area (TPSA) is 54.7 Å². The molecule has 0 spiro atoms. The lowest BCUT2D eigenvalue weighted by Gasteiger charge is -2.23. The van der Waals surface area contributed by atoms with Gasteiger partial charge in [-0.2, -0.15) is 5.10 Å². The van der Waals surface area contributed by atoms with Gasteiger partial charge < -0.3 is 5.73 Å². The van der Waals surface area contributed by atoms with Crippen LogP contribution in [0.5, 0.6) is 0 Å². The van der Waals surface area contributed by atoms with Crippen LogP contribution in [0.3, 0.4) is 0 Å². The van der Waals surface area contributed by atoms with Crippen molar-refractivity contribution in [3.05, 3.63) is 35.0 Å². The predicted molar refractivity (Wildman–Crippen MR) is 79.3 cm³/mol. The van der Waals surface area contributed by atoms with Crippen molar-refractivity contribution in [3.8, 4) is 11.1 Å². The second-order valence-corrected chi connectivity index (χ2v) is 6.01. The van der Waals surface area contributed by atoms with Crippen LogP contribution < -0.4 is 5.73 Å². The van der Waals surface area contributed by atoms with E-state index in [1.165, 1.54) is 25.7 Å². The number of hydrogen-bond donors (Lipinski definition) is 2. The summed E-state index contributed by atoms with van der Waals surface area (Å²) in [5.41, 5.74) is 9.29. The quantitative estimate of drug-likeness (QED) is 0.865. The Kier molecular flexibility index (Phi) is 3.02. The van der Waals surface area contributed by atoms with Crippen LogP contribution in [-0.4, -0.2) is 10.2 Å². The zero-order valence-corrected chi connectivity index (χ0v) is 11.8. The van der Waals surface area contributed by atoms with Crippen LogP contribution in [0.25, 0.3) is 11.1 Å². The van der Waals surface area contributed by atoms with Gasteiger partial charge in [-0.25, -0.2) is 0 Å². The average molecular weight is 276 g/mol. The highest BCUT2D eigenvalue weighted by Gasteiger charge is 2.35. The number of H-pyrrole nitrogens is 1. The van der Waals surface area contributed by atoms with Crippen LogP contribution >= 0.6 is 11.6 Å². The molecule has 3 rings (SSSR count). The number of halogens is 1. The smallest absolute Gasteiger partial charge is 0.153 e. The van der Waals surface area contributed by atoms with Crippen molar-refractivity contribution in [1.29, 1.82) is 0 Å². The average Bonchev–Trinajstić information content (AvgIpc) is 2.98. The molecule has 3 N–H and O–H groups in total. The van der Waals surface area contributed by atoms with Crippen LogP contribution in [0, 0.1) is 0 Å². The number of aromatic amines is 1. The fourth-order valence-corrected chi connectivity index (χ4v) is 3.36. The van der Waals surface area contributed by atoms with Crippen LogP contribution in [0.4, 0.5) is 5.82 Å². The maximum absolute atomic E-state index is 6.31. The standard InChI is InChI=1S/C15H18ClN3/c1-15(8-4-5-9-15)13-12(14(17)19-18-13)10-6-2-3-7-11(10)16/h2-3,6-7H,4-5,8-9H2,1H3,(H3,17,18,19). The van der Waals surface area contributed by atoms with Crippen molar-refractivity contribution in [2.45, 2.75) is 38.0 Å². The lowest BCUT2D eigenvalue weighted by atomic mass is 9.81. The van der Waals surface area contributed by atoms with Crippen LogP contribution in [0.1, 0.15) is 38.3 Å². The second kappa shape index (κ2) is 4.57. The molecule has 0 unspecified atom stereocenters. The number of benzene rings is 1. The maximum Gasteiger partial charge on any atom is 0.153 e. The molecular formula is C15H18ClN3. The molecule has 4 heteroatoms. The molecule has 0 amide bonds. The minimum Gasteiger partial charge on any atom is -0.382 e. The highest BCUT2D eigenvalue weighted by molar-refractivity contribution is 6.33. The molecular weight excluding hydrogens is 258 g/mol. The van der Waals surface area contributed by atoms with Crippen molar-refractivity contribution in [1.82, 2.24) is 10.2 Å². The molecule has 3 nitrogen and oxygen atoms in total. The zero-order valence-electron chi connectivity index (χ0n) is 11.0. The van der Waals surface area contributed by atoms with E-state index in [1.54, 1.807) is 0 Å². The van der Waals surface area contributed by atoms with Gasteiger partial charge in [0, 0.05) is 21.6 Å². The van der Waals surface area contributed by atoms with Crippen molar-refractivity contribution < 1.29 is 0 Å². The van der Waals surface area contributed by atoms with E-state index in [9.17, 15) is 0 Å². The molecule has 1 aliphatic carbocycles. The fourth-order valence-electron chi connectivity index (χ4n) is 3.13. The van der Waals surface area contributed by atoms with Gasteiger partial charge in [0.15, 0.2) is 5.82 Å². The minimum atomic E-state index is 0.138. The fraction of sp³-hybridized carbons (Fsp3) is 0.400. The molecule has 1 saturated carbocycles. The normalized spacial score (nSPS) is 17.8. The lowest BCUT2D eigenvalue weighted by molar-refractivity contribution is 0.476. The summed E-state index contributed by atoms with van der Waals surface area (Å²) >= 11 is 6.31. The van der Waals surface area contributed by atoms with Gasteiger partial charge in [0.2, 0.25) is 0 Å². The molecule has 0 bridgehead atoms. The first-order valence-corrected chi connectivity index (χ1v) is 7.09. The van der Waals surface area contributed by atoms with Gasteiger partial charge in [0.1, 0.15) is 0 Å². The summed E-state index contributed by atoms with van der Waals surface area (Å²) in [5, 5.41) is 8.09. The van der Waals surface area contributed by atoms with Gasteiger partial charge in [-0.3, -0.25) is 5.10 Å². The van der Waals surface area contributed by atoms with Crippen molar-refractivity contribution in [3.63, 3.8) is 0 Å². The SMILES string of the molecule is CC1(c2[nH]nc(N)c2-c2ccccc2Cl)CCCC1. The van der Waals surface area contributed by atoms with Gasteiger partial charge in [-0.1, -0.05) is 49.6 Å². The van der Waals surface area contributed by atoms with Crippen LogP contribution in [0.2, 0.25) is 5.02 Å². The molecule has 0 atom stereocenters. The number of nitrogens with one attached hydrogen (secondary N) is 1. The first-order chi connectivity index (χ1) is 9.12. The molecule has 19 heavy (non-hydrogen) atoms. The Hall–Kier alpha value is -1.48. The van der Waals surface area contributed by atoms with E-state index in [-0.39, 0.29) is 5.41 Å². The third-order valence-electron chi connectivity index (χ3n) is 4.25. The van der Waals surface area contributed by atoms with E-state index in [4.69, 9.17) is 17.3 Å². The molecule has 1 aliphatic rings. The molecule has 0 radical (unpaired) electrons.